The van der Waals surface area contributed by atoms with Gasteiger partial charge in [-0.1, -0.05) is 73.3 Å². The van der Waals surface area contributed by atoms with Crippen LogP contribution < -0.4 is 5.32 Å². The highest BCUT2D eigenvalue weighted by atomic mass is 32.2. The van der Waals surface area contributed by atoms with E-state index < -0.39 is 5.97 Å². The molecule has 0 aliphatic carbocycles. The van der Waals surface area contributed by atoms with Crippen molar-refractivity contribution < 1.29 is 19.5 Å². The van der Waals surface area contributed by atoms with E-state index in [1.54, 1.807) is 0 Å². The van der Waals surface area contributed by atoms with E-state index in [4.69, 9.17) is 5.11 Å². The fraction of sp³-hybridized carbons (Fsp3) is 0.375. The number of aliphatic carboxylic acids is 1. The minimum atomic E-state index is -0.924. The molecule has 30 heavy (non-hydrogen) atoms. The fourth-order valence-electron chi connectivity index (χ4n) is 2.80. The third kappa shape index (κ3) is 10.9. The Bertz CT molecular complexity index is 763. The predicted molar refractivity (Wildman–Crippen MR) is 124 cm³/mol. The van der Waals surface area contributed by atoms with Crippen molar-refractivity contribution in [1.29, 1.82) is 0 Å². The van der Waals surface area contributed by atoms with Crippen LogP contribution in [0.2, 0.25) is 0 Å². The van der Waals surface area contributed by atoms with Crippen molar-refractivity contribution in [2.45, 2.75) is 45.1 Å². The Morgan fingerprint density at radius 2 is 1.67 bits per heavy atom. The van der Waals surface area contributed by atoms with Gasteiger partial charge in [0, 0.05) is 18.9 Å². The summed E-state index contributed by atoms with van der Waals surface area (Å²) in [4.78, 5) is 30.7. The number of benzene rings is 2. The van der Waals surface area contributed by atoms with Crippen LogP contribution in [0.25, 0.3) is 11.1 Å². The normalized spacial score (nSPS) is 11.1. The average molecular weight is 430 g/mol. The summed E-state index contributed by atoms with van der Waals surface area (Å²) in [6.45, 7) is 2.02. The van der Waals surface area contributed by atoms with Gasteiger partial charge in [0.15, 0.2) is 5.12 Å². The minimum Gasteiger partial charge on any atom is -0.481 e. The molecule has 2 aromatic carbocycles. The zero-order valence-electron chi connectivity index (χ0n) is 17.7. The minimum absolute atomic E-state index is 0.0521. The molecule has 2 aromatic rings. The lowest BCUT2D eigenvalue weighted by Crippen LogP contribution is -2.28. The van der Waals surface area contributed by atoms with Gasteiger partial charge in [0.25, 0.3) is 0 Å². The smallest absolute Gasteiger partial charge is 0.303 e. The number of thioether (sulfide) groups is 1. The van der Waals surface area contributed by atoms with E-state index in [2.05, 4.69) is 53.8 Å². The van der Waals surface area contributed by atoms with Crippen LogP contribution in [0, 0.1) is 0 Å². The van der Waals surface area contributed by atoms with Crippen molar-refractivity contribution in [1.82, 2.24) is 5.32 Å². The van der Waals surface area contributed by atoms with Crippen LogP contribution in [0.4, 0.5) is 0 Å². The third-order valence-corrected chi connectivity index (χ3v) is 5.24. The Morgan fingerprint density at radius 3 is 2.17 bits per heavy atom. The summed E-state index contributed by atoms with van der Waals surface area (Å²) >= 11 is 1.42. The molecule has 0 radical (unpaired) electrons. The third-order valence-electron chi connectivity index (χ3n) is 4.43. The van der Waals surface area contributed by atoms with Crippen LogP contribution in [-0.4, -0.2) is 41.3 Å². The molecule has 0 fully saturated rings. The van der Waals surface area contributed by atoms with Gasteiger partial charge >= 0.3 is 5.97 Å². The van der Waals surface area contributed by atoms with Gasteiger partial charge in [0.1, 0.15) is 6.29 Å². The van der Waals surface area contributed by atoms with Gasteiger partial charge in [-0.25, -0.2) is 0 Å². The second-order valence-corrected chi connectivity index (χ2v) is 8.02. The zero-order valence-corrected chi connectivity index (χ0v) is 18.5. The summed E-state index contributed by atoms with van der Waals surface area (Å²) in [7, 11) is 1.97. The highest BCUT2D eigenvalue weighted by molar-refractivity contribution is 8.13. The Morgan fingerprint density at radius 1 is 1.03 bits per heavy atom. The van der Waals surface area contributed by atoms with E-state index in [1.165, 1.54) is 28.5 Å². The van der Waals surface area contributed by atoms with Crippen LogP contribution in [0.5, 0.6) is 0 Å². The van der Waals surface area contributed by atoms with Gasteiger partial charge in [0.2, 0.25) is 0 Å². The predicted octanol–water partition coefficient (Wildman–Crippen LogP) is 4.59. The molecule has 0 aliphatic rings. The largest absolute Gasteiger partial charge is 0.481 e. The van der Waals surface area contributed by atoms with Crippen molar-refractivity contribution in [3.63, 3.8) is 0 Å². The number of nitrogens with one attached hydrogen (secondary N) is 1. The molecule has 5 nitrogen and oxygen atoms in total. The number of likely N-dealkylation sites (N-methyl/N-ethyl adjacent to an activating group) is 1. The molecule has 2 rings (SSSR count). The molecule has 2 N–H and O–H groups in total. The van der Waals surface area contributed by atoms with Crippen LogP contribution in [0.1, 0.15) is 38.2 Å². The molecule has 0 saturated heterocycles. The summed E-state index contributed by atoms with van der Waals surface area (Å²) in [5.41, 5.74) is 3.79. The zero-order chi connectivity index (χ0) is 22.2. The molecule has 0 bridgehead atoms. The van der Waals surface area contributed by atoms with Gasteiger partial charge in [-0.05, 0) is 42.3 Å². The molecule has 0 aliphatic heterocycles. The summed E-state index contributed by atoms with van der Waals surface area (Å²) in [5.74, 6) is -0.0589. The van der Waals surface area contributed by atoms with Gasteiger partial charge in [-0.15, -0.1) is 0 Å². The van der Waals surface area contributed by atoms with E-state index in [0.29, 0.717) is 23.9 Å². The van der Waals surface area contributed by atoms with Gasteiger partial charge in [-0.2, -0.15) is 0 Å². The molecule has 0 saturated carbocycles. The number of aldehydes is 1. The van der Waals surface area contributed by atoms with Gasteiger partial charge in [0.05, 0.1) is 6.42 Å². The molecule has 0 amide bonds. The van der Waals surface area contributed by atoms with Gasteiger partial charge < -0.3 is 15.2 Å². The number of carbonyl (C=O) groups excluding carboxylic acids is 2. The number of carboxylic acids is 1. The topological polar surface area (TPSA) is 83.5 Å². The van der Waals surface area contributed by atoms with E-state index in [0.717, 1.165) is 18.6 Å². The number of hydrogen-bond donors (Lipinski definition) is 2. The van der Waals surface area contributed by atoms with Crippen molar-refractivity contribution >= 4 is 29.1 Å². The standard InChI is InChI=1S/C20H25NOS.C4H6O3/c1-3-23-20(22)14-13-19(21-2)15-16-9-11-18(12-10-16)17-7-5-4-6-8-17;5-3-1-2-4(6)7/h4-12,19,21H,3,13-15H2,1-2H3;3H,1-2H2,(H,6,7)/t19-;/m0./s1. The van der Waals surface area contributed by atoms with E-state index in [-0.39, 0.29) is 12.8 Å². The molecule has 0 spiro atoms. The quantitative estimate of drug-likeness (QED) is 0.508. The first-order valence-corrected chi connectivity index (χ1v) is 11.1. The molecule has 162 valence electrons. The maximum absolute atomic E-state index is 11.7. The Hall–Kier alpha value is -2.44. The monoisotopic (exact) mass is 429 g/mol. The number of carbonyl (C=O) groups is 3. The van der Waals surface area contributed by atoms with Crippen molar-refractivity contribution in [2.24, 2.45) is 0 Å². The molecule has 6 heteroatoms. The summed E-state index contributed by atoms with van der Waals surface area (Å²) in [6, 6.07) is 19.5. The number of hydrogen-bond acceptors (Lipinski definition) is 5. The molecular weight excluding hydrogens is 398 g/mol. The van der Waals surface area contributed by atoms with Crippen LogP contribution in [0.15, 0.2) is 54.6 Å². The van der Waals surface area contributed by atoms with E-state index >= 15 is 0 Å². The second kappa shape index (κ2) is 15.4. The average Bonchev–Trinajstić information content (AvgIpc) is 2.77. The first kappa shape index (κ1) is 25.6. The van der Waals surface area contributed by atoms with Crippen molar-refractivity contribution in [3.05, 3.63) is 60.2 Å². The fourth-order valence-corrected chi connectivity index (χ4v) is 3.39. The van der Waals surface area contributed by atoms with Gasteiger partial charge in [-0.3, -0.25) is 9.59 Å². The van der Waals surface area contributed by atoms with Crippen LogP contribution >= 0.6 is 11.8 Å². The van der Waals surface area contributed by atoms with Crippen molar-refractivity contribution in [3.8, 4) is 11.1 Å². The number of carboxylic acid groups (broad SMARTS) is 1. The summed E-state index contributed by atoms with van der Waals surface area (Å²) in [6.07, 6.45) is 3.15. The van der Waals surface area contributed by atoms with E-state index in [9.17, 15) is 14.4 Å². The first-order chi connectivity index (χ1) is 14.5. The molecule has 0 aromatic heterocycles. The maximum Gasteiger partial charge on any atom is 0.303 e. The highest BCUT2D eigenvalue weighted by Crippen LogP contribution is 2.20. The number of rotatable bonds is 11. The van der Waals surface area contributed by atoms with Crippen LogP contribution in [-0.2, 0) is 20.8 Å². The van der Waals surface area contributed by atoms with Crippen molar-refractivity contribution in [2.75, 3.05) is 12.8 Å². The molecule has 0 heterocycles. The SMILES string of the molecule is CCSC(=O)CC[C@@H](Cc1ccc(-c2ccccc2)cc1)NC.O=CCCC(=O)O. The Balaban J connectivity index is 0.000000553. The summed E-state index contributed by atoms with van der Waals surface area (Å²) < 4.78 is 0. The van der Waals surface area contributed by atoms with Crippen LogP contribution in [0.3, 0.4) is 0 Å². The Labute approximate surface area is 183 Å². The molecule has 0 unspecified atom stereocenters. The summed E-state index contributed by atoms with van der Waals surface area (Å²) in [5, 5.41) is 11.5. The lowest BCUT2D eigenvalue weighted by atomic mass is 9.99. The highest BCUT2D eigenvalue weighted by Gasteiger charge is 2.10. The molecular formula is C24H31NO4S. The second-order valence-electron chi connectivity index (χ2n) is 6.70. The van der Waals surface area contributed by atoms with E-state index in [1.807, 2.05) is 20.0 Å². The lowest BCUT2D eigenvalue weighted by Gasteiger charge is -2.16. The Kier molecular flexibility index (Phi) is 13.1. The maximum atomic E-state index is 11.7. The first-order valence-electron chi connectivity index (χ1n) is 10.1. The lowest BCUT2D eigenvalue weighted by molar-refractivity contribution is -0.137. The molecule has 1 atom stereocenters.